The number of nitrogens with zero attached hydrogens (tertiary/aromatic N) is 3. The van der Waals surface area contributed by atoms with Crippen molar-refractivity contribution in [2.24, 2.45) is 5.10 Å². The SMILES string of the molecule is COc1cccc(C2=NN(C(=O)c3ccc(Br)o3)[C@H](c3nc4ccccc4[nH]3)C2)c1. The van der Waals surface area contributed by atoms with E-state index >= 15 is 0 Å². The highest BCUT2D eigenvalue weighted by Crippen LogP contribution is 2.34. The molecule has 30 heavy (non-hydrogen) atoms. The van der Waals surface area contributed by atoms with Crippen LogP contribution in [-0.2, 0) is 0 Å². The van der Waals surface area contributed by atoms with Crippen LogP contribution in [0.3, 0.4) is 0 Å². The molecule has 1 aliphatic heterocycles. The molecule has 150 valence electrons. The third-order valence-electron chi connectivity index (χ3n) is 5.03. The molecule has 0 radical (unpaired) electrons. The second-order valence-corrected chi connectivity index (χ2v) is 7.67. The molecule has 0 aliphatic carbocycles. The van der Waals surface area contributed by atoms with Crippen molar-refractivity contribution in [2.45, 2.75) is 12.5 Å². The molecule has 1 N–H and O–H groups in total. The molecule has 2 aromatic carbocycles. The molecule has 5 rings (SSSR count). The number of amides is 1. The minimum atomic E-state index is -0.380. The molecule has 0 unspecified atom stereocenters. The van der Waals surface area contributed by atoms with Crippen LogP contribution >= 0.6 is 15.9 Å². The summed E-state index contributed by atoms with van der Waals surface area (Å²) in [5.41, 5.74) is 3.43. The van der Waals surface area contributed by atoms with Gasteiger partial charge in [-0.1, -0.05) is 24.3 Å². The lowest BCUT2D eigenvalue weighted by atomic mass is 10.0. The number of ether oxygens (including phenoxy) is 1. The predicted molar refractivity (Wildman–Crippen MR) is 116 cm³/mol. The van der Waals surface area contributed by atoms with Crippen LogP contribution in [0.25, 0.3) is 11.0 Å². The Balaban J connectivity index is 1.56. The molecule has 0 saturated carbocycles. The number of fused-ring (bicyclic) bond motifs is 1. The van der Waals surface area contributed by atoms with E-state index in [2.05, 4.69) is 26.0 Å². The second-order valence-electron chi connectivity index (χ2n) is 6.89. The Morgan fingerprint density at radius 1 is 1.20 bits per heavy atom. The van der Waals surface area contributed by atoms with Crippen molar-refractivity contribution in [1.29, 1.82) is 0 Å². The van der Waals surface area contributed by atoms with E-state index in [-0.39, 0.29) is 17.7 Å². The topological polar surface area (TPSA) is 83.7 Å². The molecular weight excluding hydrogens is 448 g/mol. The fourth-order valence-corrected chi connectivity index (χ4v) is 3.87. The van der Waals surface area contributed by atoms with E-state index in [1.165, 1.54) is 5.01 Å². The lowest BCUT2D eigenvalue weighted by Gasteiger charge is -2.18. The van der Waals surface area contributed by atoms with Gasteiger partial charge in [0.1, 0.15) is 17.6 Å². The van der Waals surface area contributed by atoms with Gasteiger partial charge in [0.15, 0.2) is 10.4 Å². The quantitative estimate of drug-likeness (QED) is 0.464. The van der Waals surface area contributed by atoms with Gasteiger partial charge in [-0.3, -0.25) is 4.79 Å². The van der Waals surface area contributed by atoms with E-state index < -0.39 is 0 Å². The Bertz CT molecular complexity index is 1240. The summed E-state index contributed by atoms with van der Waals surface area (Å²) in [5, 5.41) is 6.10. The van der Waals surface area contributed by atoms with E-state index in [0.717, 1.165) is 28.1 Å². The number of carbonyl (C=O) groups is 1. The summed E-state index contributed by atoms with van der Waals surface area (Å²) in [6.07, 6.45) is 0.514. The van der Waals surface area contributed by atoms with Gasteiger partial charge >= 0.3 is 5.91 Å². The van der Waals surface area contributed by atoms with Crippen LogP contribution in [-0.4, -0.2) is 33.7 Å². The van der Waals surface area contributed by atoms with E-state index in [4.69, 9.17) is 14.1 Å². The van der Waals surface area contributed by atoms with Crippen LogP contribution in [0.4, 0.5) is 0 Å². The zero-order chi connectivity index (χ0) is 20.7. The number of halogens is 1. The van der Waals surface area contributed by atoms with Gasteiger partial charge in [0.2, 0.25) is 0 Å². The summed E-state index contributed by atoms with van der Waals surface area (Å²) in [6.45, 7) is 0. The average molecular weight is 465 g/mol. The summed E-state index contributed by atoms with van der Waals surface area (Å²) in [4.78, 5) is 21.2. The molecular formula is C22H17BrN4O3. The summed E-state index contributed by atoms with van der Waals surface area (Å²) in [5.74, 6) is 1.29. The number of rotatable bonds is 4. The van der Waals surface area contributed by atoms with E-state index in [0.29, 0.717) is 16.9 Å². The van der Waals surface area contributed by atoms with Crippen molar-refractivity contribution in [2.75, 3.05) is 7.11 Å². The Kier molecular flexibility index (Phi) is 4.63. The number of hydrogen-bond acceptors (Lipinski definition) is 5. The molecule has 4 aromatic rings. The van der Waals surface area contributed by atoms with Crippen LogP contribution in [0.1, 0.15) is 34.4 Å². The van der Waals surface area contributed by atoms with Crippen molar-refractivity contribution in [3.05, 3.63) is 82.5 Å². The third kappa shape index (κ3) is 3.29. The number of nitrogens with one attached hydrogen (secondary N) is 1. The molecule has 1 aliphatic rings. The van der Waals surface area contributed by atoms with Crippen LogP contribution in [0, 0.1) is 0 Å². The number of para-hydroxylation sites is 2. The monoisotopic (exact) mass is 464 g/mol. The molecule has 0 fully saturated rings. The standard InChI is InChI=1S/C22H17BrN4O3/c1-29-14-6-4-5-13(11-14)17-12-18(21-24-15-7-2-3-8-16(15)25-21)27(26-17)22(28)19-9-10-20(23)30-19/h2-11,18H,12H2,1H3,(H,24,25)/t18-/m0/s1. The first-order valence-corrected chi connectivity index (χ1v) is 10.2. The molecule has 1 amide bonds. The smallest absolute Gasteiger partial charge is 0.310 e. The minimum Gasteiger partial charge on any atom is -0.497 e. The van der Waals surface area contributed by atoms with Gasteiger partial charge in [0.25, 0.3) is 0 Å². The minimum absolute atomic E-state index is 0.207. The summed E-state index contributed by atoms with van der Waals surface area (Å²) in [7, 11) is 1.62. The van der Waals surface area contributed by atoms with Crippen LogP contribution in [0.5, 0.6) is 5.75 Å². The fourth-order valence-electron chi connectivity index (χ4n) is 3.56. The molecule has 3 heterocycles. The van der Waals surface area contributed by atoms with E-state index in [1.807, 2.05) is 48.5 Å². The number of imidazole rings is 1. The van der Waals surface area contributed by atoms with Crippen molar-refractivity contribution >= 4 is 38.6 Å². The van der Waals surface area contributed by atoms with Gasteiger partial charge in [-0.05, 0) is 52.3 Å². The van der Waals surface area contributed by atoms with Crippen molar-refractivity contribution in [1.82, 2.24) is 15.0 Å². The van der Waals surface area contributed by atoms with Crippen LogP contribution in [0.2, 0.25) is 0 Å². The lowest BCUT2D eigenvalue weighted by molar-refractivity contribution is 0.0671. The maximum atomic E-state index is 13.2. The summed E-state index contributed by atoms with van der Waals surface area (Å²) in [6, 6.07) is 18.3. The van der Waals surface area contributed by atoms with Crippen molar-refractivity contribution in [3.63, 3.8) is 0 Å². The second kappa shape index (κ2) is 7.46. The van der Waals surface area contributed by atoms with E-state index in [1.54, 1.807) is 19.2 Å². The Hall–Kier alpha value is -3.39. The first-order chi connectivity index (χ1) is 14.6. The maximum absolute atomic E-state index is 13.2. The van der Waals surface area contributed by atoms with Gasteiger partial charge in [-0.15, -0.1) is 0 Å². The fraction of sp³-hybridized carbons (Fsp3) is 0.136. The number of benzene rings is 2. The number of aromatic amines is 1. The summed E-state index contributed by atoms with van der Waals surface area (Å²) < 4.78 is 11.3. The largest absolute Gasteiger partial charge is 0.497 e. The number of H-pyrrole nitrogens is 1. The van der Waals surface area contributed by atoms with Gasteiger partial charge in [-0.2, -0.15) is 5.10 Å². The van der Waals surface area contributed by atoms with Gasteiger partial charge in [0.05, 0.1) is 23.9 Å². The predicted octanol–water partition coefficient (Wildman–Crippen LogP) is 4.92. The Morgan fingerprint density at radius 2 is 2.07 bits per heavy atom. The normalized spacial score (nSPS) is 16.1. The molecule has 7 nitrogen and oxygen atoms in total. The lowest BCUT2D eigenvalue weighted by Crippen LogP contribution is -2.27. The highest BCUT2D eigenvalue weighted by molar-refractivity contribution is 9.10. The highest BCUT2D eigenvalue weighted by Gasteiger charge is 2.37. The zero-order valence-corrected chi connectivity index (χ0v) is 17.6. The highest BCUT2D eigenvalue weighted by atomic mass is 79.9. The van der Waals surface area contributed by atoms with E-state index in [9.17, 15) is 4.79 Å². The zero-order valence-electron chi connectivity index (χ0n) is 16.0. The number of carbonyl (C=O) groups excluding carboxylic acids is 1. The maximum Gasteiger partial charge on any atom is 0.310 e. The molecule has 8 heteroatoms. The molecule has 1 atom stereocenters. The number of furan rings is 1. The van der Waals surface area contributed by atoms with Crippen LogP contribution in [0.15, 0.2) is 74.9 Å². The number of hydrazone groups is 1. The first kappa shape index (κ1) is 18.6. The van der Waals surface area contributed by atoms with Gasteiger partial charge in [0, 0.05) is 12.0 Å². The number of aromatic nitrogens is 2. The van der Waals surface area contributed by atoms with Crippen LogP contribution < -0.4 is 4.74 Å². The molecule has 0 bridgehead atoms. The number of hydrogen-bond donors (Lipinski definition) is 1. The van der Waals surface area contributed by atoms with Crippen molar-refractivity contribution < 1.29 is 13.9 Å². The number of methoxy groups -OCH3 is 1. The molecule has 0 spiro atoms. The van der Waals surface area contributed by atoms with Gasteiger partial charge < -0.3 is 14.1 Å². The summed E-state index contributed by atoms with van der Waals surface area (Å²) >= 11 is 3.25. The average Bonchev–Trinajstić information content (AvgIpc) is 3.50. The Morgan fingerprint density at radius 3 is 2.83 bits per heavy atom. The Labute approximate surface area is 180 Å². The molecule has 2 aromatic heterocycles. The third-order valence-corrected chi connectivity index (χ3v) is 5.45. The van der Waals surface area contributed by atoms with Crippen molar-refractivity contribution in [3.8, 4) is 5.75 Å². The van der Waals surface area contributed by atoms with Gasteiger partial charge in [-0.25, -0.2) is 9.99 Å². The molecule has 0 saturated heterocycles. The first-order valence-electron chi connectivity index (χ1n) is 9.38.